The Morgan fingerprint density at radius 1 is 1.20 bits per heavy atom. The molecule has 0 aromatic heterocycles. The van der Waals surface area contributed by atoms with Crippen LogP contribution in [0, 0.1) is 0 Å². The molecule has 1 rings (SSSR count). The summed E-state index contributed by atoms with van der Waals surface area (Å²) in [5.41, 5.74) is 0. The minimum atomic E-state index is 0. The van der Waals surface area contributed by atoms with Crippen LogP contribution in [-0.2, 0) is 4.79 Å². The molecule has 0 heterocycles. The van der Waals surface area contributed by atoms with E-state index in [1.54, 1.807) is 24.3 Å². The summed E-state index contributed by atoms with van der Waals surface area (Å²) in [6, 6.07) is 8.90. The van der Waals surface area contributed by atoms with E-state index in [-0.39, 0.29) is 23.1 Å². The maximum Gasteiger partial charge on any atom is 0.316 e. The molecule has 0 aliphatic heterocycles. The summed E-state index contributed by atoms with van der Waals surface area (Å²) < 4.78 is 4.53. The Hall–Kier alpha value is -0.544. The van der Waals surface area contributed by atoms with Gasteiger partial charge in [-0.15, -0.1) is 0 Å². The first-order valence-electron chi connectivity index (χ1n) is 2.59. The monoisotopic (exact) mass is 148 g/mol. The van der Waals surface area contributed by atoms with E-state index in [1.807, 2.05) is 6.07 Å². The topological polar surface area (TPSA) is 26.3 Å². The van der Waals surface area contributed by atoms with Crippen molar-refractivity contribution in [1.29, 1.82) is 0 Å². The fraction of sp³-hybridized carbons (Fsp3) is 0. The van der Waals surface area contributed by atoms with Crippen molar-refractivity contribution in [3.05, 3.63) is 30.3 Å². The average Bonchev–Trinajstić information content (AvgIpc) is 1.91. The third-order valence-electron chi connectivity index (χ3n) is 0.927. The maximum absolute atomic E-state index is 9.75. The molecule has 0 saturated heterocycles. The normalized spacial score (nSPS) is 7.60. The van der Waals surface area contributed by atoms with Gasteiger partial charge in [-0.3, -0.25) is 4.79 Å². The molecule has 0 N–H and O–H groups in total. The Balaban J connectivity index is 0.000000810. The first-order valence-corrected chi connectivity index (χ1v) is 2.59. The predicted octanol–water partition coefficient (Wildman–Crippen LogP) is 0.306. The fourth-order valence-corrected chi connectivity index (χ4v) is 0.555. The van der Waals surface area contributed by atoms with Crippen molar-refractivity contribution >= 4 is 29.5 Å². The number of hydrogen-bond donors (Lipinski definition) is 0. The zero-order valence-electron chi connectivity index (χ0n) is 4.78. The highest BCUT2D eigenvalue weighted by atomic mass is 24.3. The number of hydrogen-bond acceptors (Lipinski definition) is 2. The molecule has 50 valence electrons. The van der Waals surface area contributed by atoms with E-state index in [9.17, 15) is 4.79 Å². The SMILES string of the molecule is O=COc1ccccc1.[MgH2]. The predicted molar refractivity (Wildman–Crippen MR) is 41.7 cm³/mol. The van der Waals surface area contributed by atoms with Gasteiger partial charge in [0.1, 0.15) is 5.75 Å². The Kier molecular flexibility index (Phi) is 4.97. The van der Waals surface area contributed by atoms with Crippen LogP contribution in [-0.4, -0.2) is 29.5 Å². The maximum atomic E-state index is 9.75. The van der Waals surface area contributed by atoms with Gasteiger partial charge in [0.05, 0.1) is 0 Å². The number of rotatable bonds is 2. The third-order valence-corrected chi connectivity index (χ3v) is 0.927. The van der Waals surface area contributed by atoms with Crippen LogP contribution in [0.5, 0.6) is 5.75 Å². The van der Waals surface area contributed by atoms with Crippen LogP contribution in [0.25, 0.3) is 0 Å². The summed E-state index contributed by atoms with van der Waals surface area (Å²) in [5, 5.41) is 0. The largest absolute Gasteiger partial charge is 0.429 e. The lowest BCUT2D eigenvalue weighted by Crippen LogP contribution is -1.85. The van der Waals surface area contributed by atoms with E-state index in [1.165, 1.54) is 0 Å². The number of para-hydroxylation sites is 1. The Bertz CT molecular complexity index is 186. The van der Waals surface area contributed by atoms with Gasteiger partial charge in [0.15, 0.2) is 0 Å². The molecule has 2 nitrogen and oxygen atoms in total. The van der Waals surface area contributed by atoms with Crippen molar-refractivity contribution in [3.63, 3.8) is 0 Å². The smallest absolute Gasteiger partial charge is 0.316 e. The van der Waals surface area contributed by atoms with Crippen molar-refractivity contribution in [1.82, 2.24) is 0 Å². The molecule has 0 radical (unpaired) electrons. The van der Waals surface area contributed by atoms with Crippen molar-refractivity contribution in [2.45, 2.75) is 0 Å². The molecule has 0 atom stereocenters. The van der Waals surface area contributed by atoms with Crippen molar-refractivity contribution in [3.8, 4) is 5.75 Å². The van der Waals surface area contributed by atoms with Gasteiger partial charge in [0.2, 0.25) is 0 Å². The highest BCUT2D eigenvalue weighted by Gasteiger charge is 1.84. The summed E-state index contributed by atoms with van der Waals surface area (Å²) >= 11 is 0. The lowest BCUT2D eigenvalue weighted by Gasteiger charge is -1.92. The first-order chi connectivity index (χ1) is 4.43. The van der Waals surface area contributed by atoms with Gasteiger partial charge in [-0.2, -0.15) is 0 Å². The fourth-order valence-electron chi connectivity index (χ4n) is 0.555. The zero-order chi connectivity index (χ0) is 6.53. The molecule has 3 heteroatoms. The Morgan fingerprint density at radius 3 is 2.30 bits per heavy atom. The van der Waals surface area contributed by atoms with Crippen molar-refractivity contribution < 1.29 is 9.53 Å². The van der Waals surface area contributed by atoms with Crippen LogP contribution in [0.4, 0.5) is 0 Å². The molecule has 1 aromatic rings. The molecular formula is C7H8MgO2. The Morgan fingerprint density at radius 2 is 1.80 bits per heavy atom. The van der Waals surface area contributed by atoms with Gasteiger partial charge in [-0.1, -0.05) is 18.2 Å². The zero-order valence-corrected chi connectivity index (χ0v) is 4.78. The van der Waals surface area contributed by atoms with Gasteiger partial charge in [0.25, 0.3) is 6.47 Å². The molecule has 0 aliphatic rings. The number of ether oxygens (including phenoxy) is 1. The van der Waals surface area contributed by atoms with Gasteiger partial charge in [0, 0.05) is 0 Å². The highest BCUT2D eigenvalue weighted by Crippen LogP contribution is 2.05. The molecule has 0 unspecified atom stereocenters. The summed E-state index contributed by atoms with van der Waals surface area (Å²) in [4.78, 5) is 9.75. The Labute approximate surface area is 75.3 Å². The van der Waals surface area contributed by atoms with Gasteiger partial charge < -0.3 is 4.74 Å². The number of benzene rings is 1. The van der Waals surface area contributed by atoms with Crippen LogP contribution in [0.15, 0.2) is 30.3 Å². The molecular weight excluding hydrogens is 140 g/mol. The van der Waals surface area contributed by atoms with Gasteiger partial charge in [-0.05, 0) is 12.1 Å². The minimum absolute atomic E-state index is 0. The van der Waals surface area contributed by atoms with Crippen LogP contribution in [0.3, 0.4) is 0 Å². The van der Waals surface area contributed by atoms with E-state index in [0.717, 1.165) is 0 Å². The highest BCUT2D eigenvalue weighted by molar-refractivity contribution is 5.75. The van der Waals surface area contributed by atoms with E-state index in [2.05, 4.69) is 4.74 Å². The van der Waals surface area contributed by atoms with Gasteiger partial charge in [-0.25, -0.2) is 0 Å². The molecule has 0 aliphatic carbocycles. The van der Waals surface area contributed by atoms with E-state index in [0.29, 0.717) is 12.2 Å². The summed E-state index contributed by atoms with van der Waals surface area (Å²) in [5.74, 6) is 0.576. The molecule has 0 bridgehead atoms. The molecule has 0 saturated carbocycles. The van der Waals surface area contributed by atoms with Crippen LogP contribution >= 0.6 is 0 Å². The molecule has 1 aromatic carbocycles. The van der Waals surface area contributed by atoms with Crippen LogP contribution in [0.2, 0.25) is 0 Å². The summed E-state index contributed by atoms with van der Waals surface area (Å²) in [6.45, 7) is 0.412. The molecule has 0 fully saturated rings. The number of carbonyl (C=O) groups is 1. The van der Waals surface area contributed by atoms with Gasteiger partial charge >= 0.3 is 23.1 Å². The van der Waals surface area contributed by atoms with Crippen LogP contribution in [0.1, 0.15) is 0 Å². The minimum Gasteiger partial charge on any atom is -0.429 e. The second kappa shape index (κ2) is 5.26. The third kappa shape index (κ3) is 2.84. The summed E-state index contributed by atoms with van der Waals surface area (Å²) in [6.07, 6.45) is 0. The van der Waals surface area contributed by atoms with E-state index in [4.69, 9.17) is 0 Å². The van der Waals surface area contributed by atoms with E-state index >= 15 is 0 Å². The quantitative estimate of drug-likeness (QED) is 0.446. The second-order valence-corrected chi connectivity index (χ2v) is 1.53. The first kappa shape index (κ1) is 9.46. The summed E-state index contributed by atoms with van der Waals surface area (Å²) in [7, 11) is 0. The van der Waals surface area contributed by atoms with Crippen molar-refractivity contribution in [2.75, 3.05) is 0 Å². The van der Waals surface area contributed by atoms with Crippen molar-refractivity contribution in [2.24, 2.45) is 0 Å². The van der Waals surface area contributed by atoms with Crippen LogP contribution < -0.4 is 4.74 Å². The van der Waals surface area contributed by atoms with E-state index < -0.39 is 0 Å². The molecule has 0 spiro atoms. The lowest BCUT2D eigenvalue weighted by atomic mass is 10.3. The average molecular weight is 148 g/mol. The lowest BCUT2D eigenvalue weighted by molar-refractivity contribution is -0.120. The number of carbonyl (C=O) groups excluding carboxylic acids is 1. The molecule has 10 heavy (non-hydrogen) atoms. The standard InChI is InChI=1S/C7H6O2.Mg.2H/c8-6-9-7-4-2-1-3-5-7;;;/h1-6H;;;. The second-order valence-electron chi connectivity index (χ2n) is 1.53. The molecule has 0 amide bonds.